The fourth-order valence-corrected chi connectivity index (χ4v) is 10.2. The summed E-state index contributed by atoms with van der Waals surface area (Å²) in [6.07, 6.45) is 9.55. The van der Waals surface area contributed by atoms with Crippen LogP contribution in [0.25, 0.3) is 105 Å². The number of fused-ring (bicyclic) bond motifs is 13. The molecule has 0 aliphatic rings. The molecule has 0 bridgehead atoms. The summed E-state index contributed by atoms with van der Waals surface area (Å²) in [4.78, 5) is 20.5. The Hall–Kier alpha value is -8.15. The quantitative estimate of drug-likeness (QED) is 0.101. The number of aryl methyl sites for hydroxylation is 4. The minimum atomic E-state index is 0. The summed E-state index contributed by atoms with van der Waals surface area (Å²) in [6, 6.07) is 76.5. The van der Waals surface area contributed by atoms with Crippen LogP contribution in [0.15, 0.2) is 207 Å². The molecule has 0 fully saturated rings. The van der Waals surface area contributed by atoms with E-state index in [9.17, 15) is 0 Å². The third-order valence-corrected chi connectivity index (χ3v) is 13.6. The molecule has 0 unspecified atom stereocenters. The number of pyridine rings is 4. The molecular weight excluding hydrogens is 1030 g/mol. The van der Waals surface area contributed by atoms with E-state index in [1.807, 2.05) is 61.1 Å². The van der Waals surface area contributed by atoms with E-state index in [1.54, 1.807) is 0 Å². The van der Waals surface area contributed by atoms with Gasteiger partial charge in [0.05, 0.1) is 11.0 Å². The van der Waals surface area contributed by atoms with Gasteiger partial charge in [0.2, 0.25) is 0 Å². The summed E-state index contributed by atoms with van der Waals surface area (Å²) in [5, 5.41) is 6.69. The van der Waals surface area contributed by atoms with E-state index in [1.165, 1.54) is 44.0 Å². The Morgan fingerprint density at radius 3 is 1.57 bits per heavy atom. The topological polar surface area (TPSA) is 56.0 Å². The number of rotatable bonds is 10. The zero-order valence-electron chi connectivity index (χ0n) is 38.0. The second kappa shape index (κ2) is 18.4. The summed E-state index contributed by atoms with van der Waals surface area (Å²) in [6.45, 7) is 0. The van der Waals surface area contributed by atoms with Crippen LogP contribution in [-0.4, -0.2) is 24.3 Å². The third kappa shape index (κ3) is 7.82. The number of hydrogen-bond donors (Lipinski definition) is 0. The van der Waals surface area contributed by atoms with E-state index in [0.717, 1.165) is 109 Å². The van der Waals surface area contributed by atoms with Crippen molar-refractivity contribution in [1.29, 1.82) is 0 Å². The maximum absolute atomic E-state index is 5.54. The van der Waals surface area contributed by atoms with Gasteiger partial charge >= 0.3 is 20.1 Å². The second-order valence-electron chi connectivity index (χ2n) is 17.8. The summed E-state index contributed by atoms with van der Waals surface area (Å²) in [5.41, 5.74) is 18.2. The van der Waals surface area contributed by atoms with Crippen molar-refractivity contribution in [3.05, 3.63) is 247 Å². The van der Waals surface area contributed by atoms with Gasteiger partial charge in [-0.3, -0.25) is 0 Å². The molecule has 0 amide bonds. The van der Waals surface area contributed by atoms with Crippen LogP contribution in [0.1, 0.15) is 22.3 Å². The van der Waals surface area contributed by atoms with E-state index in [4.69, 9.17) is 19.9 Å². The molecule has 0 atom stereocenters. The van der Waals surface area contributed by atoms with Crippen LogP contribution in [0.3, 0.4) is 0 Å². The molecule has 13 aromatic rings. The molecule has 0 spiro atoms. The zero-order valence-corrected chi connectivity index (χ0v) is 40.4. The first kappa shape index (κ1) is 43.2. The van der Waals surface area contributed by atoms with Gasteiger partial charge in [-0.1, -0.05) is 115 Å². The van der Waals surface area contributed by atoms with Gasteiger partial charge in [-0.15, -0.1) is 101 Å². The molecule has 0 radical (unpaired) electrons. The Morgan fingerprint density at radius 1 is 0.400 bits per heavy atom. The van der Waals surface area contributed by atoms with Crippen LogP contribution in [0.5, 0.6) is 0 Å². The smallest absolute Gasteiger partial charge is 0.334 e. The van der Waals surface area contributed by atoms with E-state index in [0.29, 0.717) is 0 Å². The molecule has 0 saturated heterocycles. The van der Waals surface area contributed by atoms with E-state index < -0.39 is 0 Å². The monoisotopic (exact) mass is 1070 g/mol. The predicted molar refractivity (Wildman–Crippen MR) is 282 cm³/mol. The molecule has 6 heteroatoms. The Morgan fingerprint density at radius 2 is 0.957 bits per heavy atom. The molecule has 332 valence electrons. The van der Waals surface area contributed by atoms with Crippen molar-refractivity contribution in [3.63, 3.8) is 0 Å². The molecule has 0 N–H and O–H groups in total. The number of aromatic nitrogens is 5. The zero-order chi connectivity index (χ0) is 45.7. The summed E-state index contributed by atoms with van der Waals surface area (Å²) >= 11 is 0. The fourth-order valence-electron chi connectivity index (χ4n) is 10.2. The standard InChI is InChI=1S/C64H42N5.Ir/c1-3-15-46(16-4-1)58-33-31-42(39-65-58)27-29-44-35-45(30-28-43-32-34-59(66-40-43)47-17-5-2-6-18-47)37-48(36-44)50-19-7-8-20-51(50)49-38-57-61(67-41-49)56-25-13-14-26-60(56)69-63-55-24-12-10-22-53(55)52-21-9-11-23-54(52)62(63)68-64(57)69;/h1-15,17,19-24,26,31-41H,27-30H2;/q-3;+3. The van der Waals surface area contributed by atoms with Crippen molar-refractivity contribution in [2.45, 2.75) is 25.7 Å². The summed E-state index contributed by atoms with van der Waals surface area (Å²) in [7, 11) is 0. The van der Waals surface area contributed by atoms with Crippen LogP contribution in [0, 0.1) is 18.2 Å². The maximum atomic E-state index is 5.54. The van der Waals surface area contributed by atoms with Gasteiger partial charge in [0.15, 0.2) is 0 Å². The number of nitrogens with zero attached hydrogens (tertiary/aromatic N) is 5. The van der Waals surface area contributed by atoms with E-state index in [2.05, 4.69) is 168 Å². The van der Waals surface area contributed by atoms with Crippen LogP contribution >= 0.6 is 0 Å². The van der Waals surface area contributed by atoms with Crippen LogP contribution in [0.4, 0.5) is 0 Å². The van der Waals surface area contributed by atoms with Gasteiger partial charge in [0.1, 0.15) is 5.65 Å². The molecule has 13 rings (SSSR count). The minimum absolute atomic E-state index is 0. The molecule has 70 heavy (non-hydrogen) atoms. The Kier molecular flexibility index (Phi) is 11.3. The van der Waals surface area contributed by atoms with Gasteiger partial charge in [-0.25, -0.2) is 4.98 Å². The van der Waals surface area contributed by atoms with Gasteiger partial charge in [0.25, 0.3) is 0 Å². The van der Waals surface area contributed by atoms with Crippen LogP contribution < -0.4 is 0 Å². The second-order valence-corrected chi connectivity index (χ2v) is 17.8. The molecule has 5 heterocycles. The van der Waals surface area contributed by atoms with Gasteiger partial charge in [-0.05, 0) is 104 Å². The average molecular weight is 1070 g/mol. The molecule has 0 aliphatic carbocycles. The molecular formula is C64H42IrN5. The van der Waals surface area contributed by atoms with E-state index in [-0.39, 0.29) is 20.1 Å². The van der Waals surface area contributed by atoms with Crippen molar-refractivity contribution in [2.75, 3.05) is 0 Å². The summed E-state index contributed by atoms with van der Waals surface area (Å²) < 4.78 is 2.34. The fraction of sp³-hybridized carbons (Fsp3) is 0.0625. The Balaban J connectivity index is 0.00000505. The molecule has 0 saturated carbocycles. The van der Waals surface area contributed by atoms with Crippen LogP contribution in [-0.2, 0) is 45.8 Å². The Labute approximate surface area is 419 Å². The molecule has 5 aromatic heterocycles. The molecule has 0 aliphatic heterocycles. The van der Waals surface area contributed by atoms with Gasteiger partial charge in [-0.2, -0.15) is 0 Å². The first-order chi connectivity index (χ1) is 34.2. The van der Waals surface area contributed by atoms with Crippen molar-refractivity contribution >= 4 is 60.0 Å². The van der Waals surface area contributed by atoms with Gasteiger partial charge < -0.3 is 19.4 Å². The predicted octanol–water partition coefficient (Wildman–Crippen LogP) is 14.9. The average Bonchev–Trinajstić information content (AvgIpc) is 3.85. The van der Waals surface area contributed by atoms with Crippen molar-refractivity contribution < 1.29 is 20.1 Å². The largest absolute Gasteiger partial charge is 3.00 e. The minimum Gasteiger partial charge on any atom is -0.334 e. The summed E-state index contributed by atoms with van der Waals surface area (Å²) in [5.74, 6) is 0. The Bertz CT molecular complexity index is 3950. The van der Waals surface area contributed by atoms with Crippen LogP contribution in [0.2, 0.25) is 0 Å². The molecule has 8 aromatic carbocycles. The van der Waals surface area contributed by atoms with Gasteiger partial charge in [0, 0.05) is 40.3 Å². The first-order valence-corrected chi connectivity index (χ1v) is 23.6. The third-order valence-electron chi connectivity index (χ3n) is 13.6. The van der Waals surface area contributed by atoms with Crippen molar-refractivity contribution in [3.8, 4) is 44.8 Å². The maximum Gasteiger partial charge on any atom is 3.00 e. The number of hydrogen-bond acceptors (Lipinski definition) is 4. The van der Waals surface area contributed by atoms with Crippen molar-refractivity contribution in [2.24, 2.45) is 0 Å². The normalized spacial score (nSPS) is 11.5. The SMILES string of the molecule is [Ir+3].[c-]1ccccc1-c1ccc(CCc2cc(CCc3ccc(-c4[c-]cccc4)nc3)cc(-c3ccccc3-c3cnc4c5[c-]cccc5n5c(nc6c7ccccc7c7ccccc7c65)c4c3)c2)cn1. The molecule has 5 nitrogen and oxygen atoms in total. The number of imidazole rings is 1. The van der Waals surface area contributed by atoms with Crippen molar-refractivity contribution in [1.82, 2.24) is 24.3 Å². The number of benzene rings is 8. The first-order valence-electron chi connectivity index (χ1n) is 23.6. The van der Waals surface area contributed by atoms with E-state index >= 15 is 0 Å².